The number of sulfonamides is 1. The fourth-order valence-corrected chi connectivity index (χ4v) is 3.01. The van der Waals surface area contributed by atoms with Crippen LogP contribution in [0.15, 0.2) is 4.34 Å². The number of nitrogens with zero attached hydrogens (tertiary/aromatic N) is 3. The number of nitrogens with two attached hydrogens (primary N) is 1. The summed E-state index contributed by atoms with van der Waals surface area (Å²) < 4.78 is 59.3. The Hall–Kier alpha value is -0.940. The molecule has 0 aliphatic carbocycles. The van der Waals surface area contributed by atoms with Crippen molar-refractivity contribution in [2.75, 3.05) is 19.3 Å². The van der Waals surface area contributed by atoms with E-state index in [0.29, 0.717) is 15.6 Å². The molecule has 11 heteroatoms. The number of anilines is 1. The van der Waals surface area contributed by atoms with Crippen LogP contribution in [0.4, 0.5) is 18.3 Å². The van der Waals surface area contributed by atoms with Gasteiger partial charge in [-0.15, -0.1) is 10.2 Å². The van der Waals surface area contributed by atoms with Crippen molar-refractivity contribution in [1.29, 1.82) is 0 Å². The zero-order valence-electron chi connectivity index (χ0n) is 8.60. The van der Waals surface area contributed by atoms with Gasteiger partial charge in [0.05, 0.1) is 6.42 Å². The van der Waals surface area contributed by atoms with Crippen LogP contribution in [-0.4, -0.2) is 42.7 Å². The van der Waals surface area contributed by atoms with Crippen LogP contribution in [0.25, 0.3) is 0 Å². The molecule has 0 spiro atoms. The molecule has 0 fully saturated rings. The monoisotopic (exact) mass is 290 g/mol. The summed E-state index contributed by atoms with van der Waals surface area (Å²) in [6.07, 6.45) is -5.64. The lowest BCUT2D eigenvalue weighted by Gasteiger charge is -2.15. The van der Waals surface area contributed by atoms with E-state index in [4.69, 9.17) is 5.73 Å². The summed E-state index contributed by atoms with van der Waals surface area (Å²) in [5, 5.41) is 6.52. The predicted molar refractivity (Wildman–Crippen MR) is 54.8 cm³/mol. The van der Waals surface area contributed by atoms with E-state index < -0.39 is 33.5 Å². The second kappa shape index (κ2) is 4.74. The van der Waals surface area contributed by atoms with Crippen LogP contribution in [0.5, 0.6) is 0 Å². The molecule has 0 saturated carbocycles. The Kier molecular flexibility index (Phi) is 3.94. The minimum Gasteiger partial charge on any atom is -0.374 e. The summed E-state index contributed by atoms with van der Waals surface area (Å²) >= 11 is 0.601. The topological polar surface area (TPSA) is 89.2 Å². The maximum Gasteiger partial charge on any atom is 0.390 e. The number of hydrogen-bond donors (Lipinski definition) is 1. The van der Waals surface area contributed by atoms with Crippen molar-refractivity contribution >= 4 is 26.5 Å². The Bertz CT molecular complexity index is 484. The molecule has 0 unspecified atom stereocenters. The van der Waals surface area contributed by atoms with Gasteiger partial charge in [0.25, 0.3) is 10.0 Å². The Morgan fingerprint density at radius 3 is 2.41 bits per heavy atom. The second-order valence-electron chi connectivity index (χ2n) is 3.10. The fourth-order valence-electron chi connectivity index (χ4n) is 0.862. The third-order valence-electron chi connectivity index (χ3n) is 1.76. The largest absolute Gasteiger partial charge is 0.390 e. The van der Waals surface area contributed by atoms with Gasteiger partial charge in [-0.2, -0.15) is 17.5 Å². The highest BCUT2D eigenvalue weighted by atomic mass is 32.2. The van der Waals surface area contributed by atoms with E-state index in [1.54, 1.807) is 0 Å². The van der Waals surface area contributed by atoms with Gasteiger partial charge >= 0.3 is 6.18 Å². The highest BCUT2D eigenvalue weighted by Gasteiger charge is 2.31. The molecule has 17 heavy (non-hydrogen) atoms. The standard InChI is InChI=1S/C6H9F3N4O2S2/c1-13(3-2-6(7,8)9)17(14,15)5-12-11-4(10)16-5/h2-3H2,1H3,(H2,10,11). The molecule has 0 saturated heterocycles. The molecular formula is C6H9F3N4O2S2. The Morgan fingerprint density at radius 2 is 2.00 bits per heavy atom. The molecule has 0 bridgehead atoms. The molecular weight excluding hydrogens is 281 g/mol. The van der Waals surface area contributed by atoms with Gasteiger partial charge in [-0.05, 0) is 0 Å². The first-order chi connectivity index (χ1) is 7.63. The summed E-state index contributed by atoms with van der Waals surface area (Å²) in [6, 6.07) is 0. The highest BCUT2D eigenvalue weighted by Crippen LogP contribution is 2.23. The number of halogens is 3. The van der Waals surface area contributed by atoms with E-state index in [9.17, 15) is 21.6 Å². The number of hydrogen-bond acceptors (Lipinski definition) is 6. The lowest BCUT2D eigenvalue weighted by molar-refractivity contribution is -0.135. The van der Waals surface area contributed by atoms with Crippen LogP contribution in [0.1, 0.15) is 6.42 Å². The van der Waals surface area contributed by atoms with Crippen molar-refractivity contribution in [3.63, 3.8) is 0 Å². The Morgan fingerprint density at radius 1 is 1.41 bits per heavy atom. The average Bonchev–Trinajstić information content (AvgIpc) is 2.60. The lowest BCUT2D eigenvalue weighted by Crippen LogP contribution is -2.30. The fraction of sp³-hybridized carbons (Fsp3) is 0.667. The van der Waals surface area contributed by atoms with Gasteiger partial charge < -0.3 is 5.73 Å². The number of aromatic nitrogens is 2. The molecule has 0 aliphatic heterocycles. The Balaban J connectivity index is 2.78. The maximum atomic E-state index is 11.9. The van der Waals surface area contributed by atoms with Crippen LogP contribution in [-0.2, 0) is 10.0 Å². The van der Waals surface area contributed by atoms with Crippen molar-refractivity contribution < 1.29 is 21.6 Å². The maximum absolute atomic E-state index is 11.9. The van der Waals surface area contributed by atoms with Crippen LogP contribution in [0, 0.1) is 0 Å². The van der Waals surface area contributed by atoms with Crippen LogP contribution in [0.2, 0.25) is 0 Å². The van der Waals surface area contributed by atoms with Gasteiger partial charge in [-0.25, -0.2) is 8.42 Å². The van der Waals surface area contributed by atoms with Crippen molar-refractivity contribution in [2.24, 2.45) is 0 Å². The molecule has 1 aromatic rings. The van der Waals surface area contributed by atoms with E-state index in [0.717, 1.165) is 7.05 Å². The van der Waals surface area contributed by atoms with Gasteiger partial charge in [0.2, 0.25) is 9.47 Å². The molecule has 2 N–H and O–H groups in total. The number of rotatable bonds is 4. The first kappa shape index (κ1) is 14.1. The molecule has 98 valence electrons. The van der Waals surface area contributed by atoms with Crippen molar-refractivity contribution in [2.45, 2.75) is 16.9 Å². The summed E-state index contributed by atoms with van der Waals surface area (Å²) in [7, 11) is -3.00. The normalized spacial score (nSPS) is 13.2. The molecule has 0 radical (unpaired) electrons. The summed E-state index contributed by atoms with van der Waals surface area (Å²) in [5.41, 5.74) is 5.20. The van der Waals surface area contributed by atoms with Crippen molar-refractivity contribution in [3.05, 3.63) is 0 Å². The van der Waals surface area contributed by atoms with Gasteiger partial charge in [-0.3, -0.25) is 0 Å². The van der Waals surface area contributed by atoms with E-state index in [1.165, 1.54) is 0 Å². The van der Waals surface area contributed by atoms with Gasteiger partial charge in [0.1, 0.15) is 0 Å². The molecule has 0 aliphatic rings. The van der Waals surface area contributed by atoms with E-state index >= 15 is 0 Å². The molecule has 0 aromatic carbocycles. The van der Waals surface area contributed by atoms with E-state index in [1.807, 2.05) is 0 Å². The van der Waals surface area contributed by atoms with Crippen LogP contribution in [0.3, 0.4) is 0 Å². The average molecular weight is 290 g/mol. The van der Waals surface area contributed by atoms with Crippen LogP contribution < -0.4 is 5.73 Å². The highest BCUT2D eigenvalue weighted by molar-refractivity contribution is 7.91. The zero-order valence-corrected chi connectivity index (χ0v) is 10.2. The molecule has 1 heterocycles. The quantitative estimate of drug-likeness (QED) is 0.881. The minimum atomic E-state index is -4.41. The zero-order chi connectivity index (χ0) is 13.3. The summed E-state index contributed by atoms with van der Waals surface area (Å²) in [4.78, 5) is 0. The van der Waals surface area contributed by atoms with E-state index in [2.05, 4.69) is 10.2 Å². The second-order valence-corrected chi connectivity index (χ2v) is 6.33. The molecule has 0 amide bonds. The summed E-state index contributed by atoms with van der Waals surface area (Å²) in [5.74, 6) is 0. The lowest BCUT2D eigenvalue weighted by atomic mass is 10.4. The van der Waals surface area contributed by atoms with Crippen molar-refractivity contribution in [3.8, 4) is 0 Å². The Labute approximate surface area is 99.3 Å². The third-order valence-corrected chi connectivity index (χ3v) is 4.72. The predicted octanol–water partition coefficient (Wildman–Crippen LogP) is 0.693. The molecule has 1 rings (SSSR count). The SMILES string of the molecule is CN(CCC(F)(F)F)S(=O)(=O)c1nnc(N)s1. The minimum absolute atomic E-state index is 0.0622. The van der Waals surface area contributed by atoms with Crippen LogP contribution >= 0.6 is 11.3 Å². The first-order valence-corrected chi connectivity index (χ1v) is 6.50. The smallest absolute Gasteiger partial charge is 0.374 e. The third kappa shape index (κ3) is 3.78. The van der Waals surface area contributed by atoms with Gasteiger partial charge in [-0.1, -0.05) is 11.3 Å². The number of alkyl halides is 3. The van der Waals surface area contributed by atoms with Gasteiger partial charge in [0, 0.05) is 13.6 Å². The van der Waals surface area contributed by atoms with E-state index in [-0.39, 0.29) is 5.13 Å². The number of nitrogen functional groups attached to an aromatic ring is 1. The summed E-state index contributed by atoms with van der Waals surface area (Å²) in [6.45, 7) is -0.675. The molecule has 1 aromatic heterocycles. The van der Waals surface area contributed by atoms with Crippen molar-refractivity contribution in [1.82, 2.24) is 14.5 Å². The first-order valence-electron chi connectivity index (χ1n) is 4.25. The van der Waals surface area contributed by atoms with Gasteiger partial charge in [0.15, 0.2) is 0 Å². The molecule has 0 atom stereocenters. The molecule has 6 nitrogen and oxygen atoms in total.